The number of carbonyl (C=O) groups excluding carboxylic acids is 1. The summed E-state index contributed by atoms with van der Waals surface area (Å²) in [5.74, 6) is 1.59. The van der Waals surface area contributed by atoms with E-state index in [-0.39, 0.29) is 35.4 Å². The Morgan fingerprint density at radius 1 is 1.12 bits per heavy atom. The molecule has 3 N–H and O–H groups in total. The Bertz CT molecular complexity index is 699. The van der Waals surface area contributed by atoms with Gasteiger partial charge < -0.3 is 15.7 Å². The van der Waals surface area contributed by atoms with Gasteiger partial charge in [-0.2, -0.15) is 0 Å². The molecule has 2 saturated carbocycles. The second-order valence-electron chi connectivity index (χ2n) is 10.1. The molecule has 1 amide bonds. The number of halogens is 2. The number of hydrogen-bond acceptors (Lipinski definition) is 5. The van der Waals surface area contributed by atoms with Gasteiger partial charge in [-0.1, -0.05) is 26.7 Å². The Kier molecular flexibility index (Phi) is 9.69. The van der Waals surface area contributed by atoms with Crippen molar-refractivity contribution in [2.45, 2.75) is 108 Å². The SMILES string of the molecule is CC(C)C1=NC(NC(=O)CCC2CCC(Cl)CC2Cl)C(N[C@@H](C)CO)=NC2CCCCC12. The number of amides is 1. The van der Waals surface area contributed by atoms with Gasteiger partial charge in [0, 0.05) is 34.8 Å². The fourth-order valence-corrected chi connectivity index (χ4v) is 6.13. The summed E-state index contributed by atoms with van der Waals surface area (Å²) in [7, 11) is 0. The molecule has 0 radical (unpaired) electrons. The highest BCUT2D eigenvalue weighted by molar-refractivity contribution is 6.24. The lowest BCUT2D eigenvalue weighted by molar-refractivity contribution is -0.121. The quantitative estimate of drug-likeness (QED) is 0.469. The molecule has 0 aromatic heterocycles. The number of amidine groups is 1. The Hall–Kier alpha value is -0.850. The Balaban J connectivity index is 1.73. The number of hydrogen-bond donors (Lipinski definition) is 3. The van der Waals surface area contributed by atoms with Crippen LogP contribution in [0.15, 0.2) is 9.98 Å². The van der Waals surface area contributed by atoms with Gasteiger partial charge in [0.05, 0.1) is 12.6 Å². The summed E-state index contributed by atoms with van der Waals surface area (Å²) >= 11 is 12.7. The third-order valence-electron chi connectivity index (χ3n) is 7.09. The van der Waals surface area contributed by atoms with Crippen molar-refractivity contribution in [1.82, 2.24) is 10.6 Å². The average Bonchev–Trinajstić information content (AvgIpc) is 2.90. The molecule has 1 heterocycles. The zero-order chi connectivity index (χ0) is 23.3. The lowest BCUT2D eigenvalue weighted by atomic mass is 9.78. The molecule has 6 nitrogen and oxygen atoms in total. The molecule has 0 aromatic carbocycles. The molecule has 182 valence electrons. The normalized spacial score (nSPS) is 34.1. The van der Waals surface area contributed by atoms with Crippen LogP contribution in [0.1, 0.15) is 78.6 Å². The summed E-state index contributed by atoms with van der Waals surface area (Å²) in [5.41, 5.74) is 1.15. The van der Waals surface area contributed by atoms with Crippen molar-refractivity contribution < 1.29 is 9.90 Å². The maximum absolute atomic E-state index is 12.9. The maximum Gasteiger partial charge on any atom is 0.221 e. The molecule has 2 fully saturated rings. The highest BCUT2D eigenvalue weighted by Crippen LogP contribution is 2.35. The van der Waals surface area contributed by atoms with Gasteiger partial charge in [0.25, 0.3) is 0 Å². The fraction of sp³-hybridized carbons (Fsp3) is 0.875. The Morgan fingerprint density at radius 2 is 1.88 bits per heavy atom. The molecule has 8 heteroatoms. The number of nitrogens with one attached hydrogen (secondary N) is 2. The molecule has 0 aromatic rings. The van der Waals surface area contributed by atoms with E-state index in [2.05, 4.69) is 24.5 Å². The summed E-state index contributed by atoms with van der Waals surface area (Å²) in [6, 6.07) is 0.0247. The first kappa shape index (κ1) is 25.8. The van der Waals surface area contributed by atoms with Crippen LogP contribution in [-0.2, 0) is 4.79 Å². The lowest BCUT2D eigenvalue weighted by Gasteiger charge is -2.30. The molecular formula is C24H40Cl2N4O2. The molecule has 32 heavy (non-hydrogen) atoms. The smallest absolute Gasteiger partial charge is 0.221 e. The topological polar surface area (TPSA) is 86.1 Å². The van der Waals surface area contributed by atoms with Gasteiger partial charge in [0.2, 0.25) is 5.91 Å². The molecular weight excluding hydrogens is 447 g/mol. The number of aliphatic hydroxyl groups excluding tert-OH is 1. The van der Waals surface area contributed by atoms with E-state index >= 15 is 0 Å². The predicted octanol–water partition coefficient (Wildman–Crippen LogP) is 4.26. The number of nitrogens with zero attached hydrogens (tertiary/aromatic N) is 2. The van der Waals surface area contributed by atoms with E-state index in [4.69, 9.17) is 33.2 Å². The fourth-order valence-electron chi connectivity index (χ4n) is 5.25. The van der Waals surface area contributed by atoms with Gasteiger partial charge in [0.15, 0.2) is 6.17 Å². The molecule has 3 aliphatic rings. The van der Waals surface area contributed by atoms with E-state index in [1.165, 1.54) is 12.8 Å². The van der Waals surface area contributed by atoms with Crippen molar-refractivity contribution in [2.75, 3.05) is 6.61 Å². The first-order chi connectivity index (χ1) is 15.3. The van der Waals surface area contributed by atoms with Crippen LogP contribution in [0.3, 0.4) is 0 Å². The molecule has 2 aliphatic carbocycles. The molecule has 6 unspecified atom stereocenters. The Labute approximate surface area is 203 Å². The minimum absolute atomic E-state index is 0.00507. The van der Waals surface area contributed by atoms with Crippen LogP contribution < -0.4 is 10.6 Å². The third-order valence-corrected chi connectivity index (χ3v) is 8.03. The van der Waals surface area contributed by atoms with E-state index in [1.54, 1.807) is 0 Å². The second-order valence-corrected chi connectivity index (χ2v) is 11.3. The number of rotatable bonds is 7. The first-order valence-corrected chi connectivity index (χ1v) is 13.3. The standard InChI is InChI=1S/C24H40Cl2N4O2/c1-14(2)22-18-6-4-5-7-20(18)28-23(27-15(3)13-31)24(30-22)29-21(32)11-9-16-8-10-17(25)12-19(16)26/h14-20,24,31H,4-13H2,1-3H3,(H,27,28)(H,29,32)/t15-,16?,17?,18?,19?,20?,24?/m0/s1. The van der Waals surface area contributed by atoms with Crippen LogP contribution in [0.5, 0.6) is 0 Å². The Morgan fingerprint density at radius 3 is 2.56 bits per heavy atom. The summed E-state index contributed by atoms with van der Waals surface area (Å²) in [6.07, 6.45) is 7.87. The molecule has 7 atom stereocenters. The largest absolute Gasteiger partial charge is 0.394 e. The maximum atomic E-state index is 12.9. The van der Waals surface area contributed by atoms with Crippen molar-refractivity contribution in [3.8, 4) is 0 Å². The van der Waals surface area contributed by atoms with Crippen molar-refractivity contribution in [3.05, 3.63) is 0 Å². The summed E-state index contributed by atoms with van der Waals surface area (Å²) in [6.45, 7) is 6.25. The molecule has 1 aliphatic heterocycles. The molecule has 0 bridgehead atoms. The second kappa shape index (κ2) is 12.0. The monoisotopic (exact) mass is 486 g/mol. The van der Waals surface area contributed by atoms with E-state index in [9.17, 15) is 9.90 Å². The number of aliphatic imine (C=N–C) groups is 2. The van der Waals surface area contributed by atoms with Crippen molar-refractivity contribution >= 4 is 40.7 Å². The summed E-state index contributed by atoms with van der Waals surface area (Å²) < 4.78 is 0. The van der Waals surface area contributed by atoms with Crippen LogP contribution >= 0.6 is 23.2 Å². The van der Waals surface area contributed by atoms with Gasteiger partial charge in [0.1, 0.15) is 5.84 Å². The van der Waals surface area contributed by atoms with Crippen LogP contribution in [0.25, 0.3) is 0 Å². The van der Waals surface area contributed by atoms with Crippen LogP contribution in [0.4, 0.5) is 0 Å². The zero-order valence-electron chi connectivity index (χ0n) is 19.7. The van der Waals surface area contributed by atoms with E-state index in [0.29, 0.717) is 30.0 Å². The number of aliphatic hydroxyl groups is 1. The van der Waals surface area contributed by atoms with Crippen molar-refractivity contribution in [2.24, 2.45) is 27.7 Å². The van der Waals surface area contributed by atoms with Crippen LogP contribution in [0, 0.1) is 17.8 Å². The summed E-state index contributed by atoms with van der Waals surface area (Å²) in [5, 5.41) is 16.2. The lowest BCUT2D eigenvalue weighted by Crippen LogP contribution is -2.49. The van der Waals surface area contributed by atoms with Crippen LogP contribution in [0.2, 0.25) is 0 Å². The van der Waals surface area contributed by atoms with Crippen molar-refractivity contribution in [3.63, 3.8) is 0 Å². The van der Waals surface area contributed by atoms with Crippen molar-refractivity contribution in [1.29, 1.82) is 0 Å². The van der Waals surface area contributed by atoms with Gasteiger partial charge in [-0.05, 0) is 57.3 Å². The molecule has 3 rings (SSSR count). The number of alkyl halides is 2. The molecule has 0 spiro atoms. The summed E-state index contributed by atoms with van der Waals surface area (Å²) in [4.78, 5) is 23.1. The zero-order valence-corrected chi connectivity index (χ0v) is 21.2. The molecule has 0 saturated heterocycles. The predicted molar refractivity (Wildman–Crippen MR) is 133 cm³/mol. The number of fused-ring (bicyclic) bond motifs is 1. The average molecular weight is 488 g/mol. The van der Waals surface area contributed by atoms with Gasteiger partial charge in [-0.15, -0.1) is 23.2 Å². The van der Waals surface area contributed by atoms with Gasteiger partial charge >= 0.3 is 0 Å². The van der Waals surface area contributed by atoms with E-state index in [0.717, 1.165) is 44.2 Å². The van der Waals surface area contributed by atoms with E-state index < -0.39 is 6.17 Å². The van der Waals surface area contributed by atoms with Crippen LogP contribution in [-0.4, -0.2) is 58.2 Å². The highest BCUT2D eigenvalue weighted by atomic mass is 35.5. The van der Waals surface area contributed by atoms with E-state index in [1.807, 2.05) is 6.92 Å². The van der Waals surface area contributed by atoms with Gasteiger partial charge in [-0.3, -0.25) is 14.8 Å². The number of carbonyl (C=O) groups is 1. The first-order valence-electron chi connectivity index (χ1n) is 12.4. The highest BCUT2D eigenvalue weighted by Gasteiger charge is 2.36. The minimum Gasteiger partial charge on any atom is -0.394 e. The van der Waals surface area contributed by atoms with Gasteiger partial charge in [-0.25, -0.2) is 0 Å². The minimum atomic E-state index is -0.537. The third kappa shape index (κ3) is 6.83.